The lowest BCUT2D eigenvalue weighted by Gasteiger charge is -2.45. The molecule has 0 bridgehead atoms. The van der Waals surface area contributed by atoms with Gasteiger partial charge < -0.3 is 20.1 Å². The summed E-state index contributed by atoms with van der Waals surface area (Å²) >= 11 is 6.61. The van der Waals surface area contributed by atoms with Gasteiger partial charge in [0.2, 0.25) is 5.91 Å². The molecule has 8 heteroatoms. The first-order valence-corrected chi connectivity index (χ1v) is 11.0. The number of nitrogens with zero attached hydrogens (tertiary/aromatic N) is 3. The number of fused-ring (bicyclic) bond motifs is 1. The van der Waals surface area contributed by atoms with Crippen LogP contribution in [0.2, 0.25) is 5.02 Å². The number of aliphatic hydroxyl groups excluding tert-OH is 1. The summed E-state index contributed by atoms with van der Waals surface area (Å²) in [6.45, 7) is 6.37. The Hall–Kier alpha value is -1.93. The summed E-state index contributed by atoms with van der Waals surface area (Å²) in [7, 11) is 0. The molecule has 2 aliphatic heterocycles. The number of carbonyl (C=O) groups is 1. The highest BCUT2D eigenvalue weighted by atomic mass is 35.5. The van der Waals surface area contributed by atoms with Gasteiger partial charge in [0.05, 0.1) is 35.6 Å². The fourth-order valence-electron chi connectivity index (χ4n) is 4.45. The normalized spacial score (nSPS) is 27.6. The van der Waals surface area contributed by atoms with Crippen LogP contribution < -0.4 is 10.2 Å². The van der Waals surface area contributed by atoms with E-state index in [1.54, 1.807) is 6.20 Å². The van der Waals surface area contributed by atoms with Crippen LogP contribution in [-0.2, 0) is 9.53 Å². The quantitative estimate of drug-likeness (QED) is 0.776. The van der Waals surface area contributed by atoms with Gasteiger partial charge in [-0.25, -0.2) is 4.98 Å². The molecule has 1 aromatic heterocycles. The average Bonchev–Trinajstić information content (AvgIpc) is 3.54. The van der Waals surface area contributed by atoms with Crippen LogP contribution in [0, 0.1) is 5.92 Å². The topological polar surface area (TPSA) is 77.9 Å². The molecule has 2 N–H and O–H groups in total. The molecule has 2 atom stereocenters. The van der Waals surface area contributed by atoms with Crippen molar-refractivity contribution in [3.05, 3.63) is 29.4 Å². The van der Waals surface area contributed by atoms with Crippen LogP contribution in [0.15, 0.2) is 24.4 Å². The van der Waals surface area contributed by atoms with E-state index >= 15 is 0 Å². The molecule has 1 amide bonds. The van der Waals surface area contributed by atoms with Crippen molar-refractivity contribution in [1.82, 2.24) is 9.88 Å². The van der Waals surface area contributed by atoms with Crippen LogP contribution in [0.5, 0.6) is 0 Å². The number of pyridine rings is 1. The summed E-state index contributed by atoms with van der Waals surface area (Å²) in [5.74, 6) is 0.782. The molecule has 5 rings (SSSR count). The summed E-state index contributed by atoms with van der Waals surface area (Å²) in [5.41, 5.74) is 0.669. The summed E-state index contributed by atoms with van der Waals surface area (Å²) in [6.07, 6.45) is 3.24. The van der Waals surface area contributed by atoms with E-state index in [1.165, 1.54) is 0 Å². The van der Waals surface area contributed by atoms with Crippen LogP contribution in [0.3, 0.4) is 0 Å². The number of ether oxygens (including phenoxy) is 1. The number of aliphatic hydroxyl groups is 1. The van der Waals surface area contributed by atoms with Gasteiger partial charge in [0.1, 0.15) is 5.82 Å². The predicted molar refractivity (Wildman–Crippen MR) is 117 cm³/mol. The number of amides is 1. The molecular weight excluding hydrogens is 404 g/mol. The van der Waals surface area contributed by atoms with Gasteiger partial charge in [0.15, 0.2) is 0 Å². The SMILES string of the molecule is C[C@]1(N2CCN(c3cc4cc(NC(=O)C5CC5)ncc4cc3Cl)CC2)COC[C@H]1O. The molecule has 1 aromatic carbocycles. The van der Waals surface area contributed by atoms with Crippen LogP contribution in [0.4, 0.5) is 11.5 Å². The number of rotatable bonds is 4. The number of anilines is 2. The average molecular weight is 431 g/mol. The number of piperazine rings is 1. The molecule has 0 radical (unpaired) electrons. The minimum absolute atomic E-state index is 0.0544. The maximum Gasteiger partial charge on any atom is 0.228 e. The maximum absolute atomic E-state index is 12.1. The molecular formula is C22H27ClN4O3. The lowest BCUT2D eigenvalue weighted by molar-refractivity contribution is -0.117. The number of hydrogen-bond donors (Lipinski definition) is 2. The number of nitrogens with one attached hydrogen (secondary N) is 1. The highest BCUT2D eigenvalue weighted by Gasteiger charge is 2.44. The third-order valence-corrected chi connectivity index (χ3v) is 7.02. The van der Waals surface area contributed by atoms with Crippen molar-refractivity contribution in [3.63, 3.8) is 0 Å². The molecule has 0 spiro atoms. The van der Waals surface area contributed by atoms with Gasteiger partial charge in [-0.05, 0) is 43.4 Å². The largest absolute Gasteiger partial charge is 0.389 e. The molecule has 30 heavy (non-hydrogen) atoms. The molecule has 3 aliphatic rings. The minimum atomic E-state index is -0.454. The Balaban J connectivity index is 1.33. The fourth-order valence-corrected chi connectivity index (χ4v) is 4.74. The van der Waals surface area contributed by atoms with Crippen molar-refractivity contribution in [2.75, 3.05) is 49.6 Å². The lowest BCUT2D eigenvalue weighted by atomic mass is 9.95. The number of hydrogen-bond acceptors (Lipinski definition) is 6. The molecule has 7 nitrogen and oxygen atoms in total. The zero-order chi connectivity index (χ0) is 20.9. The van der Waals surface area contributed by atoms with Gasteiger partial charge in [-0.2, -0.15) is 0 Å². The molecule has 0 unspecified atom stereocenters. The van der Waals surface area contributed by atoms with E-state index in [-0.39, 0.29) is 17.4 Å². The van der Waals surface area contributed by atoms with Crippen molar-refractivity contribution in [3.8, 4) is 0 Å². The van der Waals surface area contributed by atoms with Gasteiger partial charge in [-0.3, -0.25) is 9.69 Å². The summed E-state index contributed by atoms with van der Waals surface area (Å²) < 4.78 is 5.50. The Labute approximate surface area is 181 Å². The molecule has 160 valence electrons. The molecule has 2 aromatic rings. The van der Waals surface area contributed by atoms with E-state index in [2.05, 4.69) is 33.1 Å². The second-order valence-corrected chi connectivity index (χ2v) is 9.25. The maximum atomic E-state index is 12.1. The van der Waals surface area contributed by atoms with E-state index in [1.807, 2.05) is 12.1 Å². The van der Waals surface area contributed by atoms with E-state index in [0.717, 1.165) is 55.5 Å². The Morgan fingerprint density at radius 2 is 2.00 bits per heavy atom. The van der Waals surface area contributed by atoms with E-state index < -0.39 is 6.10 Å². The van der Waals surface area contributed by atoms with Crippen molar-refractivity contribution < 1.29 is 14.6 Å². The third-order valence-electron chi connectivity index (χ3n) is 6.72. The standard InChI is InChI=1S/C22H27ClN4O3/c1-22(13-30-12-19(22)28)27-6-4-26(5-7-27)18-9-15-10-20(25-21(29)14-2-3-14)24-11-16(15)8-17(18)23/h8-11,14,19,28H,2-7,12-13H2,1H3,(H,24,25,29)/t19-,22+/m1/s1. The zero-order valence-corrected chi connectivity index (χ0v) is 17.9. The molecule has 3 fully saturated rings. The van der Waals surface area contributed by atoms with Gasteiger partial charge in [-0.1, -0.05) is 11.6 Å². The lowest BCUT2D eigenvalue weighted by Crippen LogP contribution is -2.60. The first-order chi connectivity index (χ1) is 14.4. The predicted octanol–water partition coefficient (Wildman–Crippen LogP) is 2.51. The molecule has 3 heterocycles. The van der Waals surface area contributed by atoms with Crippen molar-refractivity contribution in [2.45, 2.75) is 31.4 Å². The van der Waals surface area contributed by atoms with Gasteiger partial charge in [0, 0.05) is 43.7 Å². The fraction of sp³-hybridized carbons (Fsp3) is 0.545. The number of benzene rings is 1. The number of carbonyl (C=O) groups excluding carboxylic acids is 1. The van der Waals surface area contributed by atoms with E-state index in [0.29, 0.717) is 24.1 Å². The molecule has 1 saturated carbocycles. The Bertz CT molecular complexity index is 974. The van der Waals surface area contributed by atoms with Crippen molar-refractivity contribution in [1.29, 1.82) is 0 Å². The Morgan fingerprint density at radius 1 is 1.23 bits per heavy atom. The van der Waals surface area contributed by atoms with E-state index in [4.69, 9.17) is 16.3 Å². The first-order valence-electron chi connectivity index (χ1n) is 10.6. The van der Waals surface area contributed by atoms with Crippen molar-refractivity contribution in [2.24, 2.45) is 5.92 Å². The van der Waals surface area contributed by atoms with Crippen LogP contribution in [-0.4, -0.2) is 71.9 Å². The van der Waals surface area contributed by atoms with Crippen LogP contribution in [0.25, 0.3) is 10.8 Å². The van der Waals surface area contributed by atoms with Gasteiger partial charge >= 0.3 is 0 Å². The van der Waals surface area contributed by atoms with Gasteiger partial charge in [-0.15, -0.1) is 0 Å². The minimum Gasteiger partial charge on any atom is -0.389 e. The first kappa shape index (κ1) is 20.0. The highest BCUT2D eigenvalue weighted by molar-refractivity contribution is 6.34. The van der Waals surface area contributed by atoms with E-state index in [9.17, 15) is 9.90 Å². The molecule has 2 saturated heterocycles. The number of halogens is 1. The van der Waals surface area contributed by atoms with Crippen molar-refractivity contribution >= 4 is 39.8 Å². The zero-order valence-electron chi connectivity index (χ0n) is 17.1. The molecule has 1 aliphatic carbocycles. The Morgan fingerprint density at radius 3 is 2.67 bits per heavy atom. The van der Waals surface area contributed by atoms with Crippen LogP contribution in [0.1, 0.15) is 19.8 Å². The third kappa shape index (κ3) is 3.64. The second-order valence-electron chi connectivity index (χ2n) is 8.85. The highest BCUT2D eigenvalue weighted by Crippen LogP contribution is 2.35. The van der Waals surface area contributed by atoms with Gasteiger partial charge in [0.25, 0.3) is 0 Å². The smallest absolute Gasteiger partial charge is 0.228 e. The Kier molecular flexibility index (Phi) is 5.09. The number of aromatic nitrogens is 1. The van der Waals surface area contributed by atoms with Crippen LogP contribution >= 0.6 is 11.6 Å². The summed E-state index contributed by atoms with van der Waals surface area (Å²) in [6, 6.07) is 5.93. The second kappa shape index (κ2) is 7.64. The monoisotopic (exact) mass is 430 g/mol. The summed E-state index contributed by atoms with van der Waals surface area (Å²) in [5, 5.41) is 15.9. The summed E-state index contributed by atoms with van der Waals surface area (Å²) in [4.78, 5) is 21.0.